The maximum Gasteiger partial charge on any atom is 0.339 e. The second-order valence-corrected chi connectivity index (χ2v) is 12.2. The summed E-state index contributed by atoms with van der Waals surface area (Å²) in [7, 11) is 0. The van der Waals surface area contributed by atoms with Crippen molar-refractivity contribution in [3.8, 4) is 11.5 Å². The number of para-hydroxylation sites is 2. The molecule has 0 spiro atoms. The molecule has 2 heterocycles. The third kappa shape index (κ3) is 3.82. The van der Waals surface area contributed by atoms with E-state index in [9.17, 15) is 43.7 Å². The van der Waals surface area contributed by atoms with Crippen molar-refractivity contribution in [2.45, 2.75) is 25.7 Å². The first kappa shape index (κ1) is 28.5. The van der Waals surface area contributed by atoms with E-state index < -0.39 is 87.5 Å². The summed E-state index contributed by atoms with van der Waals surface area (Å²) < 4.78 is 14.8. The zero-order valence-electron chi connectivity index (χ0n) is 23.9. The Morgan fingerprint density at radius 2 is 1.60 bits per heavy atom. The molecular formula is C34H27FN2O8. The van der Waals surface area contributed by atoms with E-state index in [0.29, 0.717) is 11.3 Å². The fraction of sp³-hybridized carbons (Fsp3) is 0.265. The lowest BCUT2D eigenvalue weighted by atomic mass is 9.51. The quantitative estimate of drug-likeness (QED) is 0.291. The van der Waals surface area contributed by atoms with Crippen LogP contribution < -0.4 is 9.80 Å². The van der Waals surface area contributed by atoms with E-state index in [0.717, 1.165) is 28.0 Å². The van der Waals surface area contributed by atoms with E-state index in [1.807, 2.05) is 0 Å². The van der Waals surface area contributed by atoms with Crippen LogP contribution in [-0.2, 0) is 19.2 Å². The molecule has 228 valence electrons. The minimum atomic E-state index is -1.45. The highest BCUT2D eigenvalue weighted by Gasteiger charge is 2.68. The number of carbonyl (C=O) groups is 5. The Morgan fingerprint density at radius 3 is 2.29 bits per heavy atom. The van der Waals surface area contributed by atoms with E-state index in [1.54, 1.807) is 43.3 Å². The average Bonchev–Trinajstić information content (AvgIpc) is 3.38. The number of hydrogen-bond donors (Lipinski definition) is 3. The lowest BCUT2D eigenvalue weighted by Crippen LogP contribution is -2.49. The van der Waals surface area contributed by atoms with Gasteiger partial charge in [-0.15, -0.1) is 0 Å². The third-order valence-corrected chi connectivity index (χ3v) is 10.1. The maximum absolute atomic E-state index is 14.8. The van der Waals surface area contributed by atoms with Crippen LogP contribution in [0.25, 0.3) is 0 Å². The van der Waals surface area contributed by atoms with Crippen molar-refractivity contribution in [1.82, 2.24) is 0 Å². The number of anilines is 2. The minimum Gasteiger partial charge on any atom is -0.507 e. The molecule has 3 aromatic carbocycles. The molecule has 4 amide bonds. The van der Waals surface area contributed by atoms with Gasteiger partial charge < -0.3 is 15.3 Å². The second kappa shape index (κ2) is 9.85. The number of imide groups is 2. The summed E-state index contributed by atoms with van der Waals surface area (Å²) in [6.45, 7) is 1.64. The normalized spacial score (nSPS) is 28.9. The molecule has 3 fully saturated rings. The molecule has 7 rings (SSSR count). The van der Waals surface area contributed by atoms with Gasteiger partial charge in [-0.1, -0.05) is 42.0 Å². The summed E-state index contributed by atoms with van der Waals surface area (Å²) in [5.74, 6) is -10.1. The first-order valence-corrected chi connectivity index (χ1v) is 14.5. The van der Waals surface area contributed by atoms with Gasteiger partial charge in [0.15, 0.2) is 11.6 Å². The van der Waals surface area contributed by atoms with Crippen LogP contribution in [-0.4, -0.2) is 44.9 Å². The number of aromatic carboxylic acids is 1. The Kier molecular flexibility index (Phi) is 6.23. The molecular weight excluding hydrogens is 583 g/mol. The number of carbonyl (C=O) groups excluding carboxylic acids is 4. The Morgan fingerprint density at radius 1 is 0.867 bits per heavy atom. The largest absolute Gasteiger partial charge is 0.507 e. The lowest BCUT2D eigenvalue weighted by molar-refractivity contribution is -0.131. The van der Waals surface area contributed by atoms with Crippen molar-refractivity contribution < 1.29 is 43.7 Å². The first-order valence-electron chi connectivity index (χ1n) is 14.5. The molecule has 6 unspecified atom stereocenters. The van der Waals surface area contributed by atoms with Gasteiger partial charge in [-0.05, 0) is 56.0 Å². The number of carboxylic acid groups (broad SMARTS) is 1. The van der Waals surface area contributed by atoms with Crippen LogP contribution in [0.1, 0.15) is 41.6 Å². The van der Waals surface area contributed by atoms with Crippen molar-refractivity contribution in [3.63, 3.8) is 0 Å². The topological polar surface area (TPSA) is 153 Å². The van der Waals surface area contributed by atoms with Gasteiger partial charge in [0.1, 0.15) is 11.3 Å². The van der Waals surface area contributed by atoms with Crippen molar-refractivity contribution in [2.75, 3.05) is 9.80 Å². The van der Waals surface area contributed by atoms with E-state index in [2.05, 4.69) is 0 Å². The van der Waals surface area contributed by atoms with Gasteiger partial charge >= 0.3 is 5.97 Å². The molecule has 3 aromatic rings. The van der Waals surface area contributed by atoms with Crippen LogP contribution in [0, 0.1) is 34.9 Å². The number of phenolic OH excluding ortho intramolecular Hbond substituents is 1. The molecule has 1 saturated carbocycles. The zero-order valence-corrected chi connectivity index (χ0v) is 23.9. The SMILES string of the molecule is CC12C(=O)N(c3ccccc3)C(=O)C1CC1C(=CCC3C(=O)N(c4ccc(C(=O)O)c(O)c4)C(=O)C31)C2c1cccc(F)c1O. The summed E-state index contributed by atoms with van der Waals surface area (Å²) in [5, 5.41) is 30.5. The summed E-state index contributed by atoms with van der Waals surface area (Å²) in [6.07, 6.45) is 1.93. The third-order valence-electron chi connectivity index (χ3n) is 10.1. The summed E-state index contributed by atoms with van der Waals surface area (Å²) in [5.41, 5.74) is -0.795. The maximum atomic E-state index is 14.8. The summed E-state index contributed by atoms with van der Waals surface area (Å²) >= 11 is 0. The van der Waals surface area contributed by atoms with Crippen molar-refractivity contribution >= 4 is 41.0 Å². The number of carboxylic acids is 1. The van der Waals surface area contributed by atoms with Crippen LogP contribution in [0.2, 0.25) is 0 Å². The summed E-state index contributed by atoms with van der Waals surface area (Å²) in [4.78, 5) is 69.7. The highest BCUT2D eigenvalue weighted by atomic mass is 19.1. The molecule has 3 N–H and O–H groups in total. The van der Waals surface area contributed by atoms with Crippen LogP contribution >= 0.6 is 0 Å². The van der Waals surface area contributed by atoms with Crippen molar-refractivity contribution in [2.24, 2.45) is 29.1 Å². The number of allylic oxidation sites excluding steroid dienone is 2. The van der Waals surface area contributed by atoms with Crippen LogP contribution in [0.15, 0.2) is 78.4 Å². The fourth-order valence-corrected chi connectivity index (χ4v) is 8.04. The molecule has 10 nitrogen and oxygen atoms in total. The monoisotopic (exact) mass is 610 g/mol. The molecule has 45 heavy (non-hydrogen) atoms. The average molecular weight is 611 g/mol. The number of nitrogens with zero attached hydrogens (tertiary/aromatic N) is 2. The van der Waals surface area contributed by atoms with Gasteiger partial charge in [0.2, 0.25) is 23.6 Å². The molecule has 0 bridgehead atoms. The van der Waals surface area contributed by atoms with Crippen LogP contribution in [0.4, 0.5) is 15.8 Å². The van der Waals surface area contributed by atoms with E-state index in [4.69, 9.17) is 0 Å². The van der Waals surface area contributed by atoms with Crippen LogP contribution in [0.3, 0.4) is 0 Å². The number of rotatable bonds is 4. The highest BCUT2D eigenvalue weighted by molar-refractivity contribution is 6.25. The number of benzene rings is 3. The van der Waals surface area contributed by atoms with E-state index >= 15 is 0 Å². The van der Waals surface area contributed by atoms with Crippen molar-refractivity contribution in [1.29, 1.82) is 0 Å². The zero-order chi connectivity index (χ0) is 31.9. The van der Waals surface area contributed by atoms with Gasteiger partial charge in [0.25, 0.3) is 0 Å². The number of halogens is 1. The second-order valence-electron chi connectivity index (χ2n) is 12.2. The fourth-order valence-electron chi connectivity index (χ4n) is 8.04. The Balaban J connectivity index is 1.36. The predicted molar refractivity (Wildman–Crippen MR) is 157 cm³/mol. The number of amides is 4. The number of aromatic hydroxyl groups is 2. The lowest BCUT2D eigenvalue weighted by Gasteiger charge is -2.49. The van der Waals surface area contributed by atoms with Gasteiger partial charge in [-0.2, -0.15) is 0 Å². The molecule has 2 aliphatic heterocycles. The van der Waals surface area contributed by atoms with E-state index in [1.165, 1.54) is 18.2 Å². The van der Waals surface area contributed by atoms with Crippen molar-refractivity contribution in [3.05, 3.63) is 95.3 Å². The molecule has 0 radical (unpaired) electrons. The molecule has 11 heteroatoms. The molecule has 2 saturated heterocycles. The van der Waals surface area contributed by atoms with E-state index in [-0.39, 0.29) is 24.1 Å². The van der Waals surface area contributed by atoms with Gasteiger partial charge in [0, 0.05) is 17.5 Å². The summed E-state index contributed by atoms with van der Waals surface area (Å²) in [6, 6.07) is 15.8. The first-order chi connectivity index (χ1) is 21.5. The Bertz CT molecular complexity index is 1870. The molecule has 2 aliphatic carbocycles. The molecule has 0 aromatic heterocycles. The standard InChI is InChI=1S/C34H27FN2O8/c1-34-23(30(41)37(33(34)45)16-6-3-2-4-7-16)15-22-18(27(34)21-8-5-9-24(35)28(21)39)12-13-20-26(22)31(42)36(29(20)40)17-10-11-19(32(43)44)25(38)14-17/h2-12,14,20,22-23,26-27,38-39H,13,15H2,1H3,(H,43,44). The predicted octanol–water partition coefficient (Wildman–Crippen LogP) is 4.37. The smallest absolute Gasteiger partial charge is 0.339 e. The van der Waals surface area contributed by atoms with Gasteiger partial charge in [-0.25, -0.2) is 19.0 Å². The minimum absolute atomic E-state index is 0.00537. The molecule has 6 atom stereocenters. The Hall–Kier alpha value is -5.32. The molecule has 4 aliphatic rings. The number of hydrogen-bond acceptors (Lipinski definition) is 7. The van der Waals surface area contributed by atoms with Crippen LogP contribution in [0.5, 0.6) is 11.5 Å². The van der Waals surface area contributed by atoms with Gasteiger partial charge in [-0.3, -0.25) is 19.2 Å². The number of fused-ring (bicyclic) bond motifs is 4. The highest BCUT2D eigenvalue weighted by Crippen LogP contribution is 2.64. The van der Waals surface area contributed by atoms with Gasteiger partial charge in [0.05, 0.1) is 34.5 Å². The Labute approximate surface area is 256 Å². The number of phenols is 2.